The standard InChI is InChI=1S/C19H19N3O4S/c1-24-14-6-4-5-12(9-14)15-11-27-19(21-15)22-18(23)20-13-7-8-16(25-2)17(10-13)26-3/h4-11H,1-3H3,(H2,20,21,22,23). The van der Waals surface area contributed by atoms with Gasteiger partial charge in [0.05, 0.1) is 27.0 Å². The number of nitrogens with zero attached hydrogens (tertiary/aromatic N) is 1. The molecular formula is C19H19N3O4S. The van der Waals surface area contributed by atoms with Crippen molar-refractivity contribution >= 4 is 28.2 Å². The number of methoxy groups -OCH3 is 3. The lowest BCUT2D eigenvalue weighted by Gasteiger charge is -2.10. The average molecular weight is 385 g/mol. The van der Waals surface area contributed by atoms with Gasteiger partial charge < -0.3 is 19.5 Å². The van der Waals surface area contributed by atoms with Gasteiger partial charge in [-0.15, -0.1) is 11.3 Å². The molecule has 0 saturated heterocycles. The zero-order valence-electron chi connectivity index (χ0n) is 15.1. The number of thiazole rings is 1. The minimum Gasteiger partial charge on any atom is -0.497 e. The zero-order valence-corrected chi connectivity index (χ0v) is 15.9. The number of nitrogens with one attached hydrogen (secondary N) is 2. The van der Waals surface area contributed by atoms with Crippen molar-refractivity contribution in [2.45, 2.75) is 0 Å². The van der Waals surface area contributed by atoms with Crippen molar-refractivity contribution in [3.63, 3.8) is 0 Å². The van der Waals surface area contributed by atoms with E-state index in [1.807, 2.05) is 29.6 Å². The molecule has 0 saturated carbocycles. The first-order valence-corrected chi connectivity index (χ1v) is 8.91. The minimum absolute atomic E-state index is 0.395. The molecule has 2 N–H and O–H groups in total. The molecule has 0 aliphatic rings. The van der Waals surface area contributed by atoms with Gasteiger partial charge in [-0.2, -0.15) is 0 Å². The molecule has 0 spiro atoms. The number of urea groups is 1. The van der Waals surface area contributed by atoms with E-state index < -0.39 is 6.03 Å². The first-order chi connectivity index (χ1) is 13.1. The van der Waals surface area contributed by atoms with Crippen LogP contribution >= 0.6 is 11.3 Å². The maximum absolute atomic E-state index is 12.2. The van der Waals surface area contributed by atoms with Crippen LogP contribution in [0.4, 0.5) is 15.6 Å². The lowest BCUT2D eigenvalue weighted by atomic mass is 10.2. The van der Waals surface area contributed by atoms with Crippen molar-refractivity contribution in [2.24, 2.45) is 0 Å². The smallest absolute Gasteiger partial charge is 0.325 e. The summed E-state index contributed by atoms with van der Waals surface area (Å²) in [5.74, 6) is 1.87. The lowest BCUT2D eigenvalue weighted by Crippen LogP contribution is -2.19. The number of rotatable bonds is 6. The summed E-state index contributed by atoms with van der Waals surface area (Å²) >= 11 is 1.34. The summed E-state index contributed by atoms with van der Waals surface area (Å²) in [6.45, 7) is 0. The normalized spacial score (nSPS) is 10.2. The van der Waals surface area contributed by atoms with Crippen LogP contribution in [0.15, 0.2) is 47.8 Å². The molecule has 2 amide bonds. The first-order valence-electron chi connectivity index (χ1n) is 8.03. The molecule has 3 rings (SSSR count). The van der Waals surface area contributed by atoms with Crippen molar-refractivity contribution in [1.82, 2.24) is 4.98 Å². The van der Waals surface area contributed by atoms with Gasteiger partial charge in [0.1, 0.15) is 5.75 Å². The van der Waals surface area contributed by atoms with Crippen LogP contribution in [0.25, 0.3) is 11.3 Å². The third-order valence-electron chi connectivity index (χ3n) is 3.73. The zero-order chi connectivity index (χ0) is 19.2. The Kier molecular flexibility index (Phi) is 5.77. The molecule has 0 fully saturated rings. The predicted molar refractivity (Wildman–Crippen MR) is 106 cm³/mol. The van der Waals surface area contributed by atoms with E-state index in [1.54, 1.807) is 32.4 Å². The van der Waals surface area contributed by atoms with Gasteiger partial charge in [-0.05, 0) is 24.3 Å². The summed E-state index contributed by atoms with van der Waals surface area (Å²) < 4.78 is 15.6. The summed E-state index contributed by atoms with van der Waals surface area (Å²) in [6.07, 6.45) is 0. The molecular weight excluding hydrogens is 366 g/mol. The number of carbonyl (C=O) groups excluding carboxylic acids is 1. The molecule has 0 aliphatic carbocycles. The molecule has 27 heavy (non-hydrogen) atoms. The first kappa shape index (κ1) is 18.5. The largest absolute Gasteiger partial charge is 0.497 e. The average Bonchev–Trinajstić information content (AvgIpc) is 3.16. The Morgan fingerprint density at radius 2 is 1.78 bits per heavy atom. The van der Waals surface area contributed by atoms with Gasteiger partial charge in [-0.3, -0.25) is 5.32 Å². The van der Waals surface area contributed by atoms with Gasteiger partial charge in [0.25, 0.3) is 0 Å². The molecule has 3 aromatic rings. The fourth-order valence-electron chi connectivity index (χ4n) is 2.42. The van der Waals surface area contributed by atoms with Crippen LogP contribution in [0, 0.1) is 0 Å². The highest BCUT2D eigenvalue weighted by molar-refractivity contribution is 7.14. The third kappa shape index (κ3) is 4.48. The van der Waals surface area contributed by atoms with Gasteiger partial charge in [-0.1, -0.05) is 12.1 Å². The summed E-state index contributed by atoms with van der Waals surface area (Å²) in [5.41, 5.74) is 2.26. The fourth-order valence-corrected chi connectivity index (χ4v) is 3.13. The van der Waals surface area contributed by atoms with E-state index in [2.05, 4.69) is 15.6 Å². The Bertz CT molecular complexity index is 942. The van der Waals surface area contributed by atoms with Gasteiger partial charge in [0.2, 0.25) is 0 Å². The van der Waals surface area contributed by atoms with Crippen LogP contribution in [0.3, 0.4) is 0 Å². The van der Waals surface area contributed by atoms with Gasteiger partial charge in [-0.25, -0.2) is 9.78 Å². The number of aromatic nitrogens is 1. The number of carbonyl (C=O) groups is 1. The van der Waals surface area contributed by atoms with E-state index in [4.69, 9.17) is 14.2 Å². The van der Waals surface area contributed by atoms with Crippen LogP contribution < -0.4 is 24.8 Å². The number of amides is 2. The summed E-state index contributed by atoms with van der Waals surface area (Å²) in [4.78, 5) is 16.7. The van der Waals surface area contributed by atoms with Crippen LogP contribution in [-0.2, 0) is 0 Å². The maximum atomic E-state index is 12.2. The van der Waals surface area contributed by atoms with Crippen LogP contribution in [0.5, 0.6) is 17.2 Å². The van der Waals surface area contributed by atoms with Crippen molar-refractivity contribution in [3.8, 4) is 28.5 Å². The lowest BCUT2D eigenvalue weighted by molar-refractivity contribution is 0.262. The molecule has 0 unspecified atom stereocenters. The Morgan fingerprint density at radius 1 is 0.963 bits per heavy atom. The Labute approximate surface area is 160 Å². The molecule has 1 aromatic heterocycles. The number of hydrogen-bond acceptors (Lipinski definition) is 6. The summed E-state index contributed by atoms with van der Waals surface area (Å²) in [7, 11) is 4.71. The Morgan fingerprint density at radius 3 is 2.52 bits per heavy atom. The van der Waals surface area contributed by atoms with E-state index in [1.165, 1.54) is 18.4 Å². The van der Waals surface area contributed by atoms with Crippen LogP contribution in [-0.4, -0.2) is 32.3 Å². The maximum Gasteiger partial charge on any atom is 0.325 e. The number of hydrogen-bond donors (Lipinski definition) is 2. The Balaban J connectivity index is 1.67. The molecule has 0 radical (unpaired) electrons. The van der Waals surface area contributed by atoms with E-state index in [-0.39, 0.29) is 0 Å². The molecule has 7 nitrogen and oxygen atoms in total. The second-order valence-electron chi connectivity index (χ2n) is 5.42. The van der Waals surface area contributed by atoms with Gasteiger partial charge in [0.15, 0.2) is 16.6 Å². The number of ether oxygens (including phenoxy) is 3. The van der Waals surface area contributed by atoms with Crippen molar-refractivity contribution in [2.75, 3.05) is 32.0 Å². The van der Waals surface area contributed by atoms with E-state index in [9.17, 15) is 4.79 Å². The predicted octanol–water partition coefficient (Wildman–Crippen LogP) is 4.48. The monoisotopic (exact) mass is 385 g/mol. The number of anilines is 2. The van der Waals surface area contributed by atoms with Crippen molar-refractivity contribution in [1.29, 1.82) is 0 Å². The highest BCUT2D eigenvalue weighted by Gasteiger charge is 2.10. The van der Waals surface area contributed by atoms with Crippen molar-refractivity contribution < 1.29 is 19.0 Å². The highest BCUT2D eigenvalue weighted by atomic mass is 32.1. The van der Waals surface area contributed by atoms with E-state index >= 15 is 0 Å². The molecule has 0 bridgehead atoms. The van der Waals surface area contributed by atoms with Gasteiger partial charge >= 0.3 is 6.03 Å². The fraction of sp³-hybridized carbons (Fsp3) is 0.158. The topological polar surface area (TPSA) is 81.7 Å². The molecule has 0 atom stereocenters. The van der Waals surface area contributed by atoms with Crippen molar-refractivity contribution in [3.05, 3.63) is 47.8 Å². The van der Waals surface area contributed by atoms with E-state index in [0.29, 0.717) is 22.3 Å². The molecule has 2 aromatic carbocycles. The summed E-state index contributed by atoms with van der Waals surface area (Å²) in [6, 6.07) is 12.3. The minimum atomic E-state index is -0.395. The molecule has 140 valence electrons. The number of benzene rings is 2. The summed E-state index contributed by atoms with van der Waals surface area (Å²) in [5, 5.41) is 7.84. The third-order valence-corrected chi connectivity index (χ3v) is 4.49. The van der Waals surface area contributed by atoms with Crippen LogP contribution in [0.2, 0.25) is 0 Å². The second-order valence-corrected chi connectivity index (χ2v) is 6.28. The second kappa shape index (κ2) is 8.41. The Hall–Kier alpha value is -3.26. The molecule has 8 heteroatoms. The van der Waals surface area contributed by atoms with Gasteiger partial charge in [0, 0.05) is 22.7 Å². The molecule has 0 aliphatic heterocycles. The SMILES string of the molecule is COc1cccc(-c2csc(NC(=O)Nc3ccc(OC)c(OC)c3)n2)c1. The quantitative estimate of drug-likeness (QED) is 0.654. The highest BCUT2D eigenvalue weighted by Crippen LogP contribution is 2.30. The van der Waals surface area contributed by atoms with E-state index in [0.717, 1.165) is 17.0 Å². The van der Waals surface area contributed by atoms with Crippen LogP contribution in [0.1, 0.15) is 0 Å². The molecule has 1 heterocycles.